The van der Waals surface area contributed by atoms with Gasteiger partial charge < -0.3 is 4.74 Å². The molecule has 104 valence electrons. The van der Waals surface area contributed by atoms with Crippen LogP contribution in [0.3, 0.4) is 0 Å². The lowest BCUT2D eigenvalue weighted by Crippen LogP contribution is -2.24. The highest BCUT2D eigenvalue weighted by atomic mass is 79.9. The van der Waals surface area contributed by atoms with Gasteiger partial charge in [-0.1, -0.05) is 11.6 Å². The topological polar surface area (TPSA) is 55.4 Å². The normalized spacial score (nSPS) is 11.9. The summed E-state index contributed by atoms with van der Waals surface area (Å²) < 4.78 is 32.1. The van der Waals surface area contributed by atoms with E-state index in [1.165, 1.54) is 6.07 Å². The number of methoxy groups -OCH3 is 1. The Kier molecular flexibility index (Phi) is 7.12. The third kappa shape index (κ3) is 5.14. The highest BCUT2D eigenvalue weighted by Gasteiger charge is 2.18. The van der Waals surface area contributed by atoms with Gasteiger partial charge in [-0.15, -0.1) is 11.3 Å². The molecular formula is C10H15BrClNO3S2. The smallest absolute Gasteiger partial charge is 0.250 e. The van der Waals surface area contributed by atoms with Gasteiger partial charge in [-0.3, -0.25) is 0 Å². The fraction of sp³-hybridized carbons (Fsp3) is 0.600. The molecule has 0 aliphatic carbocycles. The van der Waals surface area contributed by atoms with Gasteiger partial charge in [-0.05, 0) is 41.3 Å². The predicted octanol–water partition coefficient (Wildman–Crippen LogP) is 3.26. The second kappa shape index (κ2) is 7.81. The van der Waals surface area contributed by atoms with E-state index in [9.17, 15) is 8.42 Å². The van der Waals surface area contributed by atoms with E-state index in [2.05, 4.69) is 20.7 Å². The number of nitrogens with one attached hydrogen (secondary N) is 1. The molecule has 18 heavy (non-hydrogen) atoms. The summed E-state index contributed by atoms with van der Waals surface area (Å²) in [5.41, 5.74) is 0. The molecule has 1 N–H and O–H groups in total. The maximum absolute atomic E-state index is 11.9. The summed E-state index contributed by atoms with van der Waals surface area (Å²) in [6.07, 6.45) is 2.67. The first-order valence-electron chi connectivity index (χ1n) is 5.41. The fourth-order valence-electron chi connectivity index (χ4n) is 1.29. The molecule has 1 heterocycles. The highest BCUT2D eigenvalue weighted by molar-refractivity contribution is 9.11. The minimum Gasteiger partial charge on any atom is -0.385 e. The quantitative estimate of drug-likeness (QED) is 0.709. The van der Waals surface area contributed by atoms with Crippen LogP contribution < -0.4 is 4.72 Å². The molecule has 1 rings (SSSR count). The second-order valence-corrected chi connectivity index (χ2v) is 8.41. The van der Waals surface area contributed by atoms with Crippen molar-refractivity contribution in [3.63, 3.8) is 0 Å². The predicted molar refractivity (Wildman–Crippen MR) is 77.9 cm³/mol. The van der Waals surface area contributed by atoms with E-state index in [4.69, 9.17) is 16.3 Å². The Morgan fingerprint density at radius 2 is 2.17 bits per heavy atom. The summed E-state index contributed by atoms with van der Waals surface area (Å²) in [7, 11) is -1.78. The molecule has 0 atom stereocenters. The van der Waals surface area contributed by atoms with Gasteiger partial charge in [-0.25, -0.2) is 13.1 Å². The molecule has 0 saturated heterocycles. The number of sulfonamides is 1. The largest absolute Gasteiger partial charge is 0.385 e. The fourth-order valence-corrected chi connectivity index (χ4v) is 4.80. The van der Waals surface area contributed by atoms with Gasteiger partial charge in [0, 0.05) is 20.3 Å². The maximum atomic E-state index is 11.9. The molecular weight excluding hydrogens is 362 g/mol. The number of unbranched alkanes of at least 4 members (excludes halogenated alkanes) is 2. The van der Waals surface area contributed by atoms with E-state index < -0.39 is 10.0 Å². The van der Waals surface area contributed by atoms with Crippen molar-refractivity contribution >= 4 is 48.9 Å². The Hall–Kier alpha value is 0.340. The number of rotatable bonds is 8. The molecule has 0 spiro atoms. The zero-order valence-electron chi connectivity index (χ0n) is 9.91. The van der Waals surface area contributed by atoms with Crippen LogP contribution in [0.25, 0.3) is 0 Å². The standard InChI is InChI=1S/C10H15BrClNO3S2/c1-16-6-4-2-3-5-13-18(14,15)9-7-8(12)10(11)17-9/h7,13H,2-6H2,1H3. The van der Waals surface area contributed by atoms with Gasteiger partial charge in [-0.2, -0.15) is 0 Å². The second-order valence-electron chi connectivity index (χ2n) is 3.64. The molecule has 1 aromatic rings. The van der Waals surface area contributed by atoms with Crippen molar-refractivity contribution in [3.05, 3.63) is 14.9 Å². The summed E-state index contributed by atoms with van der Waals surface area (Å²) in [5, 5.41) is 0.417. The molecule has 1 aromatic heterocycles. The van der Waals surface area contributed by atoms with E-state index in [-0.39, 0.29) is 4.21 Å². The lowest BCUT2D eigenvalue weighted by atomic mass is 10.2. The van der Waals surface area contributed by atoms with Gasteiger partial charge >= 0.3 is 0 Å². The van der Waals surface area contributed by atoms with Crippen molar-refractivity contribution in [2.24, 2.45) is 0 Å². The summed E-state index contributed by atoms with van der Waals surface area (Å²) >= 11 is 10.1. The third-order valence-corrected chi connectivity index (χ3v) is 6.61. The van der Waals surface area contributed by atoms with Crippen LogP contribution in [-0.2, 0) is 14.8 Å². The first kappa shape index (κ1) is 16.4. The van der Waals surface area contributed by atoms with Crippen LogP contribution in [0, 0.1) is 0 Å². The van der Waals surface area contributed by atoms with Crippen molar-refractivity contribution < 1.29 is 13.2 Å². The van der Waals surface area contributed by atoms with Crippen LogP contribution in [0.5, 0.6) is 0 Å². The lowest BCUT2D eigenvalue weighted by molar-refractivity contribution is 0.192. The Balaban J connectivity index is 2.41. The lowest BCUT2D eigenvalue weighted by Gasteiger charge is -2.04. The van der Waals surface area contributed by atoms with Crippen LogP contribution in [0.4, 0.5) is 0 Å². The van der Waals surface area contributed by atoms with Crippen LogP contribution in [0.15, 0.2) is 14.1 Å². The molecule has 0 aliphatic rings. The Morgan fingerprint density at radius 3 is 2.72 bits per heavy atom. The third-order valence-electron chi connectivity index (χ3n) is 2.20. The first-order chi connectivity index (χ1) is 8.47. The number of hydrogen-bond donors (Lipinski definition) is 1. The molecule has 0 radical (unpaired) electrons. The number of thiophene rings is 1. The van der Waals surface area contributed by atoms with Gasteiger partial charge in [0.15, 0.2) is 0 Å². The monoisotopic (exact) mass is 375 g/mol. The van der Waals surface area contributed by atoms with Gasteiger partial charge in [0.1, 0.15) is 4.21 Å². The van der Waals surface area contributed by atoms with E-state index in [0.717, 1.165) is 30.6 Å². The maximum Gasteiger partial charge on any atom is 0.250 e. The Morgan fingerprint density at radius 1 is 1.44 bits per heavy atom. The molecule has 0 amide bonds. The van der Waals surface area contributed by atoms with Crippen molar-refractivity contribution in [1.82, 2.24) is 4.72 Å². The average molecular weight is 377 g/mol. The van der Waals surface area contributed by atoms with E-state index in [0.29, 0.717) is 22.0 Å². The molecule has 0 unspecified atom stereocenters. The van der Waals surface area contributed by atoms with Gasteiger partial charge in [0.25, 0.3) is 0 Å². The minimum atomic E-state index is -3.43. The Bertz CT molecular complexity index is 456. The van der Waals surface area contributed by atoms with Crippen LogP contribution >= 0.6 is 38.9 Å². The summed E-state index contributed by atoms with van der Waals surface area (Å²) in [6, 6.07) is 1.45. The number of halogens is 2. The van der Waals surface area contributed by atoms with Crippen molar-refractivity contribution in [3.8, 4) is 0 Å². The molecule has 0 saturated carbocycles. The van der Waals surface area contributed by atoms with Gasteiger partial charge in [0.2, 0.25) is 10.0 Å². The molecule has 4 nitrogen and oxygen atoms in total. The summed E-state index contributed by atoms with van der Waals surface area (Å²) in [6.45, 7) is 1.14. The van der Waals surface area contributed by atoms with E-state index >= 15 is 0 Å². The highest BCUT2D eigenvalue weighted by Crippen LogP contribution is 2.34. The summed E-state index contributed by atoms with van der Waals surface area (Å²) in [5.74, 6) is 0. The minimum absolute atomic E-state index is 0.233. The summed E-state index contributed by atoms with van der Waals surface area (Å²) in [4.78, 5) is 0. The molecule has 0 aromatic carbocycles. The van der Waals surface area contributed by atoms with Crippen LogP contribution in [0.1, 0.15) is 19.3 Å². The SMILES string of the molecule is COCCCCCNS(=O)(=O)c1cc(Cl)c(Br)s1. The zero-order valence-corrected chi connectivity index (χ0v) is 13.9. The van der Waals surface area contributed by atoms with E-state index in [1.807, 2.05) is 0 Å². The molecule has 0 aliphatic heterocycles. The molecule has 0 fully saturated rings. The Labute approximate surface area is 125 Å². The molecule has 8 heteroatoms. The van der Waals surface area contributed by atoms with Crippen LogP contribution in [-0.4, -0.2) is 28.7 Å². The zero-order chi connectivity index (χ0) is 13.6. The number of ether oxygens (including phenoxy) is 1. The van der Waals surface area contributed by atoms with Crippen LogP contribution in [0.2, 0.25) is 5.02 Å². The van der Waals surface area contributed by atoms with E-state index in [1.54, 1.807) is 7.11 Å². The van der Waals surface area contributed by atoms with Crippen molar-refractivity contribution in [1.29, 1.82) is 0 Å². The van der Waals surface area contributed by atoms with Gasteiger partial charge in [0.05, 0.1) is 8.81 Å². The first-order valence-corrected chi connectivity index (χ1v) is 8.88. The number of hydrogen-bond acceptors (Lipinski definition) is 4. The van der Waals surface area contributed by atoms with Crippen molar-refractivity contribution in [2.75, 3.05) is 20.3 Å². The molecule has 0 bridgehead atoms. The van der Waals surface area contributed by atoms with Crippen molar-refractivity contribution in [2.45, 2.75) is 23.5 Å². The average Bonchev–Trinajstić information content (AvgIpc) is 2.65.